The van der Waals surface area contributed by atoms with Crippen LogP contribution in [0.15, 0.2) is 40.0 Å². The molecule has 2 aromatic rings. The number of nitrogens with one attached hydrogen (secondary N) is 2. The minimum absolute atomic E-state index is 0.0113. The molecule has 0 saturated carbocycles. The van der Waals surface area contributed by atoms with Crippen LogP contribution in [0.4, 0.5) is 0 Å². The normalized spacial score (nSPS) is 10.2. The van der Waals surface area contributed by atoms with Gasteiger partial charge in [-0.2, -0.15) is 0 Å². The Hall–Kier alpha value is -2.88. The molecule has 2 amide bonds. The standard InChI is InChI=1S/C16H18N4O5S/c1-2-24-14(22)9-17-12(21)10-26-16-20-19-13(25-16)8-18-15(23)11-6-4-3-5-7-11/h3-7H,2,8-10H2,1H3,(H,17,21)(H,18,23). The SMILES string of the molecule is CCOC(=O)CNC(=O)CSc1nnc(CNC(=O)c2ccccc2)o1. The molecule has 0 radical (unpaired) electrons. The Labute approximate surface area is 153 Å². The Morgan fingerprint density at radius 3 is 2.65 bits per heavy atom. The molecule has 1 aromatic heterocycles. The smallest absolute Gasteiger partial charge is 0.325 e. The van der Waals surface area contributed by atoms with E-state index in [9.17, 15) is 14.4 Å². The molecule has 1 aromatic carbocycles. The van der Waals surface area contributed by atoms with Crippen molar-refractivity contribution in [2.75, 3.05) is 18.9 Å². The van der Waals surface area contributed by atoms with Crippen LogP contribution in [0.5, 0.6) is 0 Å². The Kier molecular flexibility index (Phi) is 7.62. The number of esters is 1. The van der Waals surface area contributed by atoms with E-state index in [1.807, 2.05) is 6.07 Å². The van der Waals surface area contributed by atoms with Crippen LogP contribution in [0, 0.1) is 0 Å². The second-order valence-electron chi connectivity index (χ2n) is 4.88. The van der Waals surface area contributed by atoms with E-state index in [1.54, 1.807) is 31.2 Å². The Balaban J connectivity index is 1.71. The first-order valence-corrected chi connectivity index (χ1v) is 8.77. The number of hydrogen-bond donors (Lipinski definition) is 2. The fourth-order valence-corrected chi connectivity index (χ4v) is 2.39. The van der Waals surface area contributed by atoms with E-state index >= 15 is 0 Å². The maximum atomic E-state index is 11.9. The van der Waals surface area contributed by atoms with E-state index in [2.05, 4.69) is 20.8 Å². The molecule has 10 heteroatoms. The summed E-state index contributed by atoms with van der Waals surface area (Å²) in [4.78, 5) is 34.7. The fourth-order valence-electron chi connectivity index (χ4n) is 1.78. The third-order valence-corrected chi connectivity index (χ3v) is 3.76. The highest BCUT2D eigenvalue weighted by atomic mass is 32.2. The molecule has 0 bridgehead atoms. The van der Waals surface area contributed by atoms with Crippen molar-refractivity contribution in [3.05, 3.63) is 41.8 Å². The van der Waals surface area contributed by atoms with Crippen molar-refractivity contribution in [2.24, 2.45) is 0 Å². The summed E-state index contributed by atoms with van der Waals surface area (Å²) in [5.74, 6) is -0.877. The molecule has 1 heterocycles. The number of hydrogen-bond acceptors (Lipinski definition) is 8. The van der Waals surface area contributed by atoms with Gasteiger partial charge in [0.15, 0.2) is 0 Å². The summed E-state index contributed by atoms with van der Waals surface area (Å²) in [7, 11) is 0. The van der Waals surface area contributed by atoms with Crippen LogP contribution in [0.3, 0.4) is 0 Å². The van der Waals surface area contributed by atoms with Crippen LogP contribution in [0.25, 0.3) is 0 Å². The lowest BCUT2D eigenvalue weighted by Gasteiger charge is -2.03. The van der Waals surface area contributed by atoms with Crippen LogP contribution >= 0.6 is 11.8 Å². The first-order chi connectivity index (χ1) is 12.6. The number of thioether (sulfide) groups is 1. The van der Waals surface area contributed by atoms with E-state index in [0.29, 0.717) is 5.56 Å². The number of carbonyl (C=O) groups excluding carboxylic acids is 3. The van der Waals surface area contributed by atoms with Crippen molar-refractivity contribution >= 4 is 29.5 Å². The number of rotatable bonds is 9. The number of carbonyl (C=O) groups is 3. The molecule has 0 aliphatic rings. The average Bonchev–Trinajstić information content (AvgIpc) is 3.11. The molecule has 2 N–H and O–H groups in total. The molecular formula is C16H18N4O5S. The summed E-state index contributed by atoms with van der Waals surface area (Å²) < 4.78 is 10.0. The van der Waals surface area contributed by atoms with Crippen LogP contribution in [0.1, 0.15) is 23.2 Å². The second-order valence-corrected chi connectivity index (χ2v) is 5.81. The Morgan fingerprint density at radius 2 is 1.92 bits per heavy atom. The van der Waals surface area contributed by atoms with Crippen molar-refractivity contribution in [1.82, 2.24) is 20.8 Å². The predicted molar refractivity (Wildman–Crippen MR) is 92.3 cm³/mol. The van der Waals surface area contributed by atoms with Crippen LogP contribution < -0.4 is 10.6 Å². The number of nitrogens with zero attached hydrogens (tertiary/aromatic N) is 2. The zero-order valence-electron chi connectivity index (χ0n) is 14.1. The first-order valence-electron chi connectivity index (χ1n) is 7.79. The number of benzene rings is 1. The second kappa shape index (κ2) is 10.2. The van der Waals surface area contributed by atoms with Gasteiger partial charge in [-0.3, -0.25) is 14.4 Å². The molecular weight excluding hydrogens is 360 g/mol. The zero-order chi connectivity index (χ0) is 18.8. The van der Waals surface area contributed by atoms with Gasteiger partial charge < -0.3 is 19.8 Å². The van der Waals surface area contributed by atoms with E-state index in [0.717, 1.165) is 11.8 Å². The summed E-state index contributed by atoms with van der Waals surface area (Å²) in [6.45, 7) is 1.84. The highest BCUT2D eigenvalue weighted by molar-refractivity contribution is 7.99. The lowest BCUT2D eigenvalue weighted by atomic mass is 10.2. The lowest BCUT2D eigenvalue weighted by Crippen LogP contribution is -2.31. The minimum Gasteiger partial charge on any atom is -0.465 e. The van der Waals surface area contributed by atoms with E-state index < -0.39 is 5.97 Å². The number of ether oxygens (including phenoxy) is 1. The highest BCUT2D eigenvalue weighted by Gasteiger charge is 2.12. The first kappa shape index (κ1) is 19.4. The summed E-state index contributed by atoms with van der Waals surface area (Å²) in [6.07, 6.45) is 0. The van der Waals surface area contributed by atoms with Gasteiger partial charge in [0.1, 0.15) is 6.54 Å². The van der Waals surface area contributed by atoms with Crippen molar-refractivity contribution in [3.63, 3.8) is 0 Å². The number of amides is 2. The molecule has 2 rings (SSSR count). The van der Waals surface area contributed by atoms with Gasteiger partial charge in [-0.1, -0.05) is 30.0 Å². The van der Waals surface area contributed by atoms with Crippen molar-refractivity contribution in [2.45, 2.75) is 18.7 Å². The summed E-state index contributed by atoms with van der Waals surface area (Å²) in [6, 6.07) is 8.74. The highest BCUT2D eigenvalue weighted by Crippen LogP contribution is 2.15. The van der Waals surface area contributed by atoms with Gasteiger partial charge in [0, 0.05) is 5.56 Å². The van der Waals surface area contributed by atoms with E-state index in [-0.39, 0.29) is 48.4 Å². The lowest BCUT2D eigenvalue weighted by molar-refractivity contribution is -0.143. The molecule has 138 valence electrons. The van der Waals surface area contributed by atoms with Crippen molar-refractivity contribution < 1.29 is 23.5 Å². The molecule has 0 fully saturated rings. The monoisotopic (exact) mass is 378 g/mol. The van der Waals surface area contributed by atoms with Gasteiger partial charge in [0.05, 0.1) is 18.9 Å². The van der Waals surface area contributed by atoms with Crippen molar-refractivity contribution in [1.29, 1.82) is 0 Å². The maximum absolute atomic E-state index is 11.9. The van der Waals surface area contributed by atoms with E-state index in [1.165, 1.54) is 0 Å². The summed E-state index contributed by atoms with van der Waals surface area (Å²) in [5.41, 5.74) is 0.528. The van der Waals surface area contributed by atoms with E-state index in [4.69, 9.17) is 9.15 Å². The molecule has 0 atom stereocenters. The third-order valence-electron chi connectivity index (χ3n) is 2.95. The van der Waals surface area contributed by atoms with Crippen LogP contribution in [-0.4, -0.2) is 46.9 Å². The molecule has 9 nitrogen and oxygen atoms in total. The fraction of sp³-hybridized carbons (Fsp3) is 0.312. The van der Waals surface area contributed by atoms with Gasteiger partial charge >= 0.3 is 5.97 Å². The average molecular weight is 378 g/mol. The molecule has 26 heavy (non-hydrogen) atoms. The molecule has 0 unspecified atom stereocenters. The molecule has 0 aliphatic carbocycles. The third kappa shape index (κ3) is 6.55. The van der Waals surface area contributed by atoms with Gasteiger partial charge in [0.2, 0.25) is 11.8 Å². The van der Waals surface area contributed by atoms with Gasteiger partial charge in [-0.25, -0.2) is 0 Å². The quantitative estimate of drug-likeness (QED) is 0.484. The van der Waals surface area contributed by atoms with Crippen LogP contribution in [0.2, 0.25) is 0 Å². The largest absolute Gasteiger partial charge is 0.465 e. The zero-order valence-corrected chi connectivity index (χ0v) is 14.9. The molecule has 0 spiro atoms. The molecule has 0 saturated heterocycles. The Morgan fingerprint density at radius 1 is 1.15 bits per heavy atom. The maximum Gasteiger partial charge on any atom is 0.325 e. The van der Waals surface area contributed by atoms with Gasteiger partial charge in [-0.15, -0.1) is 10.2 Å². The molecule has 0 aliphatic heterocycles. The predicted octanol–water partition coefficient (Wildman–Crippen LogP) is 0.771. The van der Waals surface area contributed by atoms with Gasteiger partial charge in [0.25, 0.3) is 11.1 Å². The summed E-state index contributed by atoms with van der Waals surface area (Å²) >= 11 is 1.03. The van der Waals surface area contributed by atoms with Crippen LogP contribution in [-0.2, 0) is 20.9 Å². The topological polar surface area (TPSA) is 123 Å². The Bertz CT molecular complexity index is 750. The van der Waals surface area contributed by atoms with Crippen molar-refractivity contribution in [3.8, 4) is 0 Å². The minimum atomic E-state index is -0.500. The summed E-state index contributed by atoms with van der Waals surface area (Å²) in [5, 5.41) is 12.9. The van der Waals surface area contributed by atoms with Gasteiger partial charge in [-0.05, 0) is 19.1 Å². The number of aromatic nitrogens is 2.